The summed E-state index contributed by atoms with van der Waals surface area (Å²) in [6.07, 6.45) is 0. The van der Waals surface area contributed by atoms with E-state index in [0.29, 0.717) is 34.7 Å². The number of rotatable bonds is 6. The maximum atomic E-state index is 12.7. The zero-order valence-corrected chi connectivity index (χ0v) is 15.2. The average Bonchev–Trinajstić information content (AvgIpc) is 3.11. The summed E-state index contributed by atoms with van der Waals surface area (Å²) in [5.74, 6) is 1.17. The molecule has 0 saturated carbocycles. The largest absolute Gasteiger partial charge is 0.493 e. The minimum Gasteiger partial charge on any atom is -0.493 e. The summed E-state index contributed by atoms with van der Waals surface area (Å²) in [5, 5.41) is 4.59. The lowest BCUT2D eigenvalue weighted by Crippen LogP contribution is -2.26. The van der Waals surface area contributed by atoms with Crippen molar-refractivity contribution in [1.29, 1.82) is 0 Å². The van der Waals surface area contributed by atoms with Crippen molar-refractivity contribution in [3.05, 3.63) is 65.0 Å². The number of hydrogen-bond acceptors (Lipinski definition) is 5. The van der Waals surface area contributed by atoms with E-state index >= 15 is 0 Å². The van der Waals surface area contributed by atoms with E-state index in [1.165, 1.54) is 4.90 Å². The van der Waals surface area contributed by atoms with Gasteiger partial charge in [0.05, 0.1) is 12.2 Å². The third-order valence-corrected chi connectivity index (χ3v) is 3.96. The van der Waals surface area contributed by atoms with Gasteiger partial charge in [-0.2, -0.15) is 4.98 Å². The lowest BCUT2D eigenvalue weighted by Gasteiger charge is -2.17. The normalized spacial score (nSPS) is 10.6. The number of benzene rings is 2. The van der Waals surface area contributed by atoms with Gasteiger partial charge >= 0.3 is 0 Å². The van der Waals surface area contributed by atoms with Gasteiger partial charge < -0.3 is 14.2 Å². The van der Waals surface area contributed by atoms with Crippen molar-refractivity contribution < 1.29 is 14.1 Å². The monoisotopic (exact) mass is 371 g/mol. The van der Waals surface area contributed by atoms with Gasteiger partial charge in [-0.3, -0.25) is 4.79 Å². The van der Waals surface area contributed by atoms with Crippen molar-refractivity contribution in [3.63, 3.8) is 0 Å². The third kappa shape index (κ3) is 4.03. The molecule has 0 fully saturated rings. The second-order valence-electron chi connectivity index (χ2n) is 5.61. The van der Waals surface area contributed by atoms with Gasteiger partial charge in [-0.05, 0) is 43.3 Å². The van der Waals surface area contributed by atoms with Crippen molar-refractivity contribution in [2.75, 3.05) is 13.7 Å². The van der Waals surface area contributed by atoms with Gasteiger partial charge in [-0.1, -0.05) is 28.9 Å². The van der Waals surface area contributed by atoms with E-state index < -0.39 is 0 Å². The number of aromatic nitrogens is 2. The fraction of sp³-hybridized carbons (Fsp3) is 0.211. The average molecular weight is 372 g/mol. The first-order valence-corrected chi connectivity index (χ1v) is 8.52. The van der Waals surface area contributed by atoms with Gasteiger partial charge in [-0.15, -0.1) is 0 Å². The molecule has 0 saturated heterocycles. The highest BCUT2D eigenvalue weighted by Crippen LogP contribution is 2.21. The van der Waals surface area contributed by atoms with E-state index in [-0.39, 0.29) is 12.5 Å². The quantitative estimate of drug-likeness (QED) is 0.653. The molecule has 0 aliphatic rings. The molecule has 2 aromatic carbocycles. The van der Waals surface area contributed by atoms with E-state index in [2.05, 4.69) is 10.1 Å². The molecule has 7 heteroatoms. The molecule has 0 bridgehead atoms. The maximum Gasteiger partial charge on any atom is 0.257 e. The Bertz CT molecular complexity index is 893. The second-order valence-corrected chi connectivity index (χ2v) is 6.05. The first-order chi connectivity index (χ1) is 12.6. The summed E-state index contributed by atoms with van der Waals surface area (Å²) >= 11 is 5.88. The Balaban J connectivity index is 1.73. The fourth-order valence-electron chi connectivity index (χ4n) is 2.44. The summed E-state index contributed by atoms with van der Waals surface area (Å²) in [5.41, 5.74) is 1.29. The summed E-state index contributed by atoms with van der Waals surface area (Å²) in [6.45, 7) is 2.56. The SMILES string of the molecule is CCOc1ccccc1C(=O)N(C)Cc1nc(-c2ccc(Cl)cc2)no1. The van der Waals surface area contributed by atoms with Crippen molar-refractivity contribution >= 4 is 17.5 Å². The molecular weight excluding hydrogens is 354 g/mol. The van der Waals surface area contributed by atoms with Crippen molar-refractivity contribution in [3.8, 4) is 17.1 Å². The predicted octanol–water partition coefficient (Wildman–Crippen LogP) is 4.06. The van der Waals surface area contributed by atoms with Gasteiger partial charge in [0.25, 0.3) is 5.91 Å². The van der Waals surface area contributed by atoms with E-state index in [1.807, 2.05) is 25.1 Å². The molecule has 1 aromatic heterocycles. The lowest BCUT2D eigenvalue weighted by molar-refractivity contribution is 0.0765. The van der Waals surface area contributed by atoms with Crippen LogP contribution in [0.3, 0.4) is 0 Å². The molecule has 26 heavy (non-hydrogen) atoms. The van der Waals surface area contributed by atoms with E-state index in [0.717, 1.165) is 5.56 Å². The maximum absolute atomic E-state index is 12.7. The van der Waals surface area contributed by atoms with Crippen LogP contribution < -0.4 is 4.74 Å². The lowest BCUT2D eigenvalue weighted by atomic mass is 10.2. The van der Waals surface area contributed by atoms with Gasteiger partial charge in [0.15, 0.2) is 0 Å². The second kappa shape index (κ2) is 8.01. The molecule has 6 nitrogen and oxygen atoms in total. The molecule has 0 N–H and O–H groups in total. The van der Waals surface area contributed by atoms with Crippen LogP contribution in [-0.4, -0.2) is 34.6 Å². The third-order valence-electron chi connectivity index (χ3n) is 3.71. The number of hydrogen-bond donors (Lipinski definition) is 0. The first kappa shape index (κ1) is 17.9. The summed E-state index contributed by atoms with van der Waals surface area (Å²) in [4.78, 5) is 18.6. The molecule has 0 unspecified atom stereocenters. The van der Waals surface area contributed by atoms with Gasteiger partial charge in [0, 0.05) is 17.6 Å². The number of para-hydroxylation sites is 1. The molecule has 1 amide bonds. The van der Waals surface area contributed by atoms with Crippen molar-refractivity contribution in [1.82, 2.24) is 15.0 Å². The van der Waals surface area contributed by atoms with Crippen LogP contribution in [0.2, 0.25) is 5.02 Å². The molecule has 3 aromatic rings. The Kier molecular flexibility index (Phi) is 5.53. The topological polar surface area (TPSA) is 68.5 Å². The minimum atomic E-state index is -0.180. The first-order valence-electron chi connectivity index (χ1n) is 8.14. The number of halogens is 1. The highest BCUT2D eigenvalue weighted by atomic mass is 35.5. The number of carbonyl (C=O) groups is 1. The van der Waals surface area contributed by atoms with Gasteiger partial charge in [0.1, 0.15) is 12.3 Å². The van der Waals surface area contributed by atoms with Crippen molar-refractivity contribution in [2.24, 2.45) is 0 Å². The Labute approximate surface area is 156 Å². The van der Waals surface area contributed by atoms with E-state index in [1.54, 1.807) is 37.4 Å². The summed E-state index contributed by atoms with van der Waals surface area (Å²) in [7, 11) is 1.68. The molecule has 0 spiro atoms. The molecule has 134 valence electrons. The summed E-state index contributed by atoms with van der Waals surface area (Å²) in [6, 6.07) is 14.3. The Morgan fingerprint density at radius 1 is 1.19 bits per heavy atom. The molecular formula is C19H18ClN3O3. The standard InChI is InChI=1S/C19H18ClN3O3/c1-3-25-16-7-5-4-6-15(16)19(24)23(2)12-17-21-18(22-26-17)13-8-10-14(20)11-9-13/h4-11H,3,12H2,1-2H3. The van der Waals surface area contributed by atoms with Crippen LogP contribution in [0.15, 0.2) is 53.1 Å². The molecule has 0 aliphatic carbocycles. The Hall–Kier alpha value is -2.86. The predicted molar refractivity (Wildman–Crippen MR) is 98.2 cm³/mol. The molecule has 3 rings (SSSR count). The Morgan fingerprint density at radius 3 is 2.65 bits per heavy atom. The van der Waals surface area contributed by atoms with Crippen molar-refractivity contribution in [2.45, 2.75) is 13.5 Å². The number of amides is 1. The molecule has 0 radical (unpaired) electrons. The number of ether oxygens (including phenoxy) is 1. The minimum absolute atomic E-state index is 0.180. The number of carbonyl (C=O) groups excluding carboxylic acids is 1. The zero-order valence-electron chi connectivity index (χ0n) is 14.5. The van der Waals surface area contributed by atoms with Crippen LogP contribution in [0, 0.1) is 0 Å². The van der Waals surface area contributed by atoms with Gasteiger partial charge in [0.2, 0.25) is 11.7 Å². The highest BCUT2D eigenvalue weighted by molar-refractivity contribution is 6.30. The highest BCUT2D eigenvalue weighted by Gasteiger charge is 2.19. The van der Waals surface area contributed by atoms with Crippen LogP contribution in [0.25, 0.3) is 11.4 Å². The van der Waals surface area contributed by atoms with Crippen LogP contribution in [0.5, 0.6) is 5.75 Å². The Morgan fingerprint density at radius 2 is 1.92 bits per heavy atom. The van der Waals surface area contributed by atoms with E-state index in [9.17, 15) is 4.79 Å². The molecule has 1 heterocycles. The van der Waals surface area contributed by atoms with Crippen LogP contribution >= 0.6 is 11.6 Å². The number of nitrogens with zero attached hydrogens (tertiary/aromatic N) is 3. The van der Waals surface area contributed by atoms with Crippen LogP contribution in [0.1, 0.15) is 23.2 Å². The summed E-state index contributed by atoms with van der Waals surface area (Å²) < 4.78 is 10.8. The van der Waals surface area contributed by atoms with Gasteiger partial charge in [-0.25, -0.2) is 0 Å². The molecule has 0 aliphatic heterocycles. The smallest absolute Gasteiger partial charge is 0.257 e. The van der Waals surface area contributed by atoms with Crippen LogP contribution in [0.4, 0.5) is 0 Å². The fourth-order valence-corrected chi connectivity index (χ4v) is 2.57. The molecule has 0 atom stereocenters. The van der Waals surface area contributed by atoms with Crippen LogP contribution in [-0.2, 0) is 6.54 Å². The van der Waals surface area contributed by atoms with E-state index in [4.69, 9.17) is 20.9 Å². The zero-order chi connectivity index (χ0) is 18.5.